The maximum Gasteiger partial charge on any atom is 0.267 e. The second kappa shape index (κ2) is 9.80. The number of carbonyl (C=O) groups excluding carboxylic acids is 2. The van der Waals surface area contributed by atoms with Crippen LogP contribution in [0.1, 0.15) is 13.3 Å². The van der Waals surface area contributed by atoms with E-state index >= 15 is 0 Å². The average molecular weight is 481 g/mol. The topological polar surface area (TPSA) is 114 Å². The van der Waals surface area contributed by atoms with Gasteiger partial charge in [-0.25, -0.2) is 30.4 Å². The van der Waals surface area contributed by atoms with Crippen molar-refractivity contribution in [2.45, 2.75) is 18.2 Å². The first kappa shape index (κ1) is 24.8. The third kappa shape index (κ3) is 5.43. The van der Waals surface area contributed by atoms with Crippen LogP contribution in [0.2, 0.25) is 0 Å². The summed E-state index contributed by atoms with van der Waals surface area (Å²) in [5.41, 5.74) is -0.454. The quantitative estimate of drug-likeness (QED) is 0.305. The number of anilines is 2. The van der Waals surface area contributed by atoms with Crippen LogP contribution in [-0.4, -0.2) is 33.9 Å². The third-order valence-corrected chi connectivity index (χ3v) is 5.29. The highest BCUT2D eigenvalue weighted by Crippen LogP contribution is 2.31. The first-order valence-corrected chi connectivity index (χ1v) is 10.1. The van der Waals surface area contributed by atoms with E-state index in [1.807, 2.05) is 0 Å². The van der Waals surface area contributed by atoms with Gasteiger partial charge in [-0.05, 0) is 18.2 Å². The summed E-state index contributed by atoms with van der Waals surface area (Å²) < 4.78 is 99.2. The van der Waals surface area contributed by atoms with Crippen molar-refractivity contribution >= 4 is 33.2 Å². The Balaban J connectivity index is 2.35. The summed E-state index contributed by atoms with van der Waals surface area (Å²) in [5.74, 6) is -13.3. The predicted octanol–water partition coefficient (Wildman–Crippen LogP) is 2.66. The molecule has 32 heavy (non-hydrogen) atoms. The maximum atomic E-state index is 13.9. The number of benzene rings is 2. The second-order valence-electron chi connectivity index (χ2n) is 6.20. The van der Waals surface area contributed by atoms with E-state index in [2.05, 4.69) is 10.6 Å². The Morgan fingerprint density at radius 3 is 2.06 bits per heavy atom. The molecular weight excluding hydrogens is 465 g/mol. The molecule has 0 aliphatic heterocycles. The number of amides is 2. The largest absolute Gasteiger partial charge is 0.495 e. The van der Waals surface area contributed by atoms with Crippen LogP contribution in [-0.2, 0) is 19.6 Å². The van der Waals surface area contributed by atoms with E-state index in [0.717, 1.165) is 12.1 Å². The van der Waals surface area contributed by atoms with Crippen molar-refractivity contribution in [1.29, 1.82) is 0 Å². The molecule has 0 aliphatic rings. The smallest absolute Gasteiger partial charge is 0.267 e. The minimum atomic E-state index is -5.27. The molecule has 0 unspecified atom stereocenters. The molecule has 174 valence electrons. The van der Waals surface area contributed by atoms with Gasteiger partial charge in [-0.15, -0.1) is 0 Å². The number of ether oxygens (including phenoxy) is 1. The fourth-order valence-electron chi connectivity index (χ4n) is 2.46. The van der Waals surface area contributed by atoms with Crippen LogP contribution in [0.25, 0.3) is 0 Å². The molecule has 0 bridgehead atoms. The van der Waals surface area contributed by atoms with Crippen LogP contribution in [0.15, 0.2) is 23.1 Å². The van der Waals surface area contributed by atoms with E-state index in [4.69, 9.17) is 4.74 Å². The highest BCUT2D eigenvalue weighted by atomic mass is 32.2. The summed E-state index contributed by atoms with van der Waals surface area (Å²) >= 11 is 0. The first-order chi connectivity index (χ1) is 14.9. The lowest BCUT2D eigenvalue weighted by Gasteiger charge is -2.14. The molecule has 3 N–H and O–H groups in total. The number of carbonyl (C=O) groups is 2. The Kier molecular flexibility index (Phi) is 7.61. The molecule has 0 radical (unpaired) electrons. The number of nitrogens with one attached hydrogen (secondary N) is 3. The van der Waals surface area contributed by atoms with Gasteiger partial charge in [0.15, 0.2) is 28.2 Å². The zero-order valence-corrected chi connectivity index (χ0v) is 17.3. The molecule has 2 rings (SSSR count). The molecule has 8 nitrogen and oxygen atoms in total. The monoisotopic (exact) mass is 481 g/mol. The molecule has 2 aromatic carbocycles. The van der Waals surface area contributed by atoms with Gasteiger partial charge in [0.2, 0.25) is 17.6 Å². The number of hydrogen-bond acceptors (Lipinski definition) is 5. The van der Waals surface area contributed by atoms with Gasteiger partial charge in [0.1, 0.15) is 5.75 Å². The molecule has 2 aromatic rings. The summed E-state index contributed by atoms with van der Waals surface area (Å²) in [6.07, 6.45) is -0.150. The summed E-state index contributed by atoms with van der Waals surface area (Å²) in [6, 6.07) is 3.24. The SMILES string of the molecule is COc1ccc(NS(=O)(=O)c2c(F)c(F)c(F)c(F)c2F)cc1NC(=O)CCNC(C)=O. The number of rotatable bonds is 8. The van der Waals surface area contributed by atoms with Crippen LogP contribution in [0.3, 0.4) is 0 Å². The summed E-state index contributed by atoms with van der Waals surface area (Å²) in [5, 5.41) is 4.78. The van der Waals surface area contributed by atoms with Gasteiger partial charge in [0.25, 0.3) is 10.0 Å². The predicted molar refractivity (Wildman–Crippen MR) is 102 cm³/mol. The zero-order valence-electron chi connectivity index (χ0n) is 16.5. The lowest BCUT2D eigenvalue weighted by Crippen LogP contribution is -2.25. The third-order valence-electron chi connectivity index (χ3n) is 3.89. The summed E-state index contributed by atoms with van der Waals surface area (Å²) in [7, 11) is -4.04. The van der Waals surface area contributed by atoms with E-state index in [-0.39, 0.29) is 36.0 Å². The Morgan fingerprint density at radius 2 is 1.53 bits per heavy atom. The Hall–Kier alpha value is -3.42. The van der Waals surface area contributed by atoms with Gasteiger partial charge in [-0.3, -0.25) is 14.3 Å². The molecule has 2 amide bonds. The highest BCUT2D eigenvalue weighted by Gasteiger charge is 2.33. The van der Waals surface area contributed by atoms with Crippen LogP contribution in [0, 0.1) is 29.1 Å². The summed E-state index contributed by atoms with van der Waals surface area (Å²) in [4.78, 5) is 20.8. The normalized spacial score (nSPS) is 11.1. The maximum absolute atomic E-state index is 13.9. The lowest BCUT2D eigenvalue weighted by atomic mass is 10.2. The molecule has 14 heteroatoms. The lowest BCUT2D eigenvalue weighted by molar-refractivity contribution is -0.119. The molecule has 0 saturated carbocycles. The Labute approximate surface area is 178 Å². The van der Waals surface area contributed by atoms with E-state index in [1.165, 1.54) is 20.1 Å². The number of sulfonamides is 1. The minimum Gasteiger partial charge on any atom is -0.495 e. The fraction of sp³-hybridized carbons (Fsp3) is 0.222. The van der Waals surface area contributed by atoms with Crippen LogP contribution < -0.4 is 20.1 Å². The van der Waals surface area contributed by atoms with Gasteiger partial charge in [-0.2, -0.15) is 0 Å². The van der Waals surface area contributed by atoms with Crippen LogP contribution in [0.5, 0.6) is 5.75 Å². The number of halogens is 5. The van der Waals surface area contributed by atoms with Crippen molar-refractivity contribution in [3.05, 3.63) is 47.3 Å². The minimum absolute atomic E-state index is 0.00997. The van der Waals surface area contributed by atoms with Crippen molar-refractivity contribution in [1.82, 2.24) is 5.32 Å². The van der Waals surface area contributed by atoms with E-state index in [1.54, 1.807) is 4.72 Å². The molecular formula is C18H16F5N3O5S. The first-order valence-electron chi connectivity index (χ1n) is 8.65. The standard InChI is InChI=1S/C18H16F5N3O5S/c1-8(27)24-6-5-12(28)25-10-7-9(3-4-11(10)31-2)26-32(29,30)18-16(22)14(20)13(19)15(21)17(18)23/h3-4,7,26H,5-6H2,1-2H3,(H,24,27)(H,25,28). The number of hydrogen-bond donors (Lipinski definition) is 3. The van der Waals surface area contributed by atoms with Gasteiger partial charge in [0, 0.05) is 19.9 Å². The number of methoxy groups -OCH3 is 1. The van der Waals surface area contributed by atoms with Gasteiger partial charge in [0.05, 0.1) is 18.5 Å². The van der Waals surface area contributed by atoms with Crippen molar-refractivity contribution in [2.24, 2.45) is 0 Å². The van der Waals surface area contributed by atoms with Crippen molar-refractivity contribution in [3.8, 4) is 5.75 Å². The molecule has 0 atom stereocenters. The molecule has 0 heterocycles. The molecule has 0 fully saturated rings. The zero-order chi connectivity index (χ0) is 24.2. The van der Waals surface area contributed by atoms with E-state index < -0.39 is 49.9 Å². The highest BCUT2D eigenvalue weighted by molar-refractivity contribution is 7.92. The summed E-state index contributed by atoms with van der Waals surface area (Å²) in [6.45, 7) is 1.26. The average Bonchev–Trinajstić information content (AvgIpc) is 2.70. The van der Waals surface area contributed by atoms with Gasteiger partial charge in [-0.1, -0.05) is 0 Å². The van der Waals surface area contributed by atoms with Gasteiger partial charge < -0.3 is 15.4 Å². The van der Waals surface area contributed by atoms with Gasteiger partial charge >= 0.3 is 0 Å². The van der Waals surface area contributed by atoms with Crippen LogP contribution in [0.4, 0.5) is 33.3 Å². The van der Waals surface area contributed by atoms with Crippen LogP contribution >= 0.6 is 0 Å². The van der Waals surface area contributed by atoms with E-state index in [0.29, 0.717) is 0 Å². The molecule has 0 aliphatic carbocycles. The van der Waals surface area contributed by atoms with Crippen molar-refractivity contribution in [2.75, 3.05) is 23.7 Å². The molecule has 0 spiro atoms. The molecule has 0 aromatic heterocycles. The molecule has 0 saturated heterocycles. The van der Waals surface area contributed by atoms with Crippen molar-refractivity contribution < 1.29 is 44.7 Å². The second-order valence-corrected chi connectivity index (χ2v) is 7.82. The fourth-order valence-corrected chi connectivity index (χ4v) is 3.65. The Morgan fingerprint density at radius 1 is 0.969 bits per heavy atom. The van der Waals surface area contributed by atoms with Crippen molar-refractivity contribution in [3.63, 3.8) is 0 Å². The van der Waals surface area contributed by atoms with E-state index in [9.17, 15) is 40.0 Å². The Bertz CT molecular complexity index is 1150.